The molecule has 3 rings (SSSR count). The Morgan fingerprint density at radius 1 is 1.14 bits per heavy atom. The molecule has 0 aliphatic carbocycles. The molecule has 0 spiro atoms. The van der Waals surface area contributed by atoms with Crippen molar-refractivity contribution in [2.75, 3.05) is 5.32 Å². The predicted molar refractivity (Wildman–Crippen MR) is 84.6 cm³/mol. The highest BCUT2D eigenvalue weighted by Gasteiger charge is 2.13. The maximum absolute atomic E-state index is 12.2. The minimum atomic E-state index is -0.474. The highest BCUT2D eigenvalue weighted by molar-refractivity contribution is 6.31. The Morgan fingerprint density at radius 3 is 2.68 bits per heavy atom. The fourth-order valence-corrected chi connectivity index (χ4v) is 2.16. The second-order valence-electron chi connectivity index (χ2n) is 4.60. The van der Waals surface area contributed by atoms with Gasteiger partial charge in [0.15, 0.2) is 5.82 Å². The van der Waals surface area contributed by atoms with Gasteiger partial charge in [-0.05, 0) is 30.3 Å². The van der Waals surface area contributed by atoms with Crippen molar-refractivity contribution in [2.45, 2.75) is 0 Å². The second-order valence-corrected chi connectivity index (χ2v) is 5.03. The van der Waals surface area contributed by atoms with Gasteiger partial charge in [-0.3, -0.25) is 4.79 Å². The zero-order chi connectivity index (χ0) is 15.5. The first-order valence-electron chi connectivity index (χ1n) is 6.54. The van der Waals surface area contributed by atoms with Gasteiger partial charge in [-0.1, -0.05) is 29.8 Å². The lowest BCUT2D eigenvalue weighted by Crippen LogP contribution is -2.12. The summed E-state index contributed by atoms with van der Waals surface area (Å²) < 4.78 is 1.65. The van der Waals surface area contributed by atoms with Crippen LogP contribution in [-0.4, -0.2) is 20.8 Å². The van der Waals surface area contributed by atoms with Crippen LogP contribution in [0.2, 0.25) is 5.02 Å². The van der Waals surface area contributed by atoms with Gasteiger partial charge in [0.05, 0.1) is 11.3 Å². The number of hydrogen-bond donors (Lipinski definition) is 2. The maximum atomic E-state index is 12.2. The molecule has 0 unspecified atom stereocenters. The predicted octanol–water partition coefficient (Wildman–Crippen LogP) is 3.48. The minimum Gasteiger partial charge on any atom is -0.507 e. The van der Waals surface area contributed by atoms with Crippen LogP contribution >= 0.6 is 11.6 Å². The molecule has 0 saturated heterocycles. The number of anilines is 1. The number of benzene rings is 2. The lowest BCUT2D eigenvalue weighted by Gasteiger charge is -2.05. The molecule has 2 aromatic carbocycles. The normalized spacial score (nSPS) is 10.4. The second kappa shape index (κ2) is 5.91. The summed E-state index contributed by atoms with van der Waals surface area (Å²) in [6.07, 6.45) is 1.74. The van der Waals surface area contributed by atoms with E-state index in [0.29, 0.717) is 10.8 Å². The molecule has 0 bridgehead atoms. The third-order valence-electron chi connectivity index (χ3n) is 3.05. The van der Waals surface area contributed by atoms with Gasteiger partial charge in [-0.2, -0.15) is 5.10 Å². The molecule has 0 aliphatic rings. The number of nitrogens with one attached hydrogen (secondary N) is 1. The number of carbonyl (C=O) groups excluding carboxylic acids is 1. The van der Waals surface area contributed by atoms with E-state index < -0.39 is 5.91 Å². The number of aromatic hydroxyl groups is 1. The number of para-hydroxylation sites is 1. The lowest BCUT2D eigenvalue weighted by molar-refractivity contribution is 0.102. The zero-order valence-electron chi connectivity index (χ0n) is 11.4. The van der Waals surface area contributed by atoms with Crippen molar-refractivity contribution in [1.82, 2.24) is 9.78 Å². The third-order valence-corrected chi connectivity index (χ3v) is 3.29. The topological polar surface area (TPSA) is 67.2 Å². The van der Waals surface area contributed by atoms with Crippen LogP contribution in [0.5, 0.6) is 5.75 Å². The fraction of sp³-hybridized carbons (Fsp3) is 0. The smallest absolute Gasteiger partial charge is 0.260 e. The summed E-state index contributed by atoms with van der Waals surface area (Å²) in [6.45, 7) is 0. The molecule has 1 aromatic heterocycles. The summed E-state index contributed by atoms with van der Waals surface area (Å²) in [5, 5.41) is 17.0. The summed E-state index contributed by atoms with van der Waals surface area (Å²) in [4.78, 5) is 12.2. The average molecular weight is 314 g/mol. The number of carbonyl (C=O) groups is 1. The Morgan fingerprint density at radius 2 is 1.91 bits per heavy atom. The molecule has 2 N–H and O–H groups in total. The molecule has 0 atom stereocenters. The van der Waals surface area contributed by atoms with Crippen molar-refractivity contribution < 1.29 is 9.90 Å². The lowest BCUT2D eigenvalue weighted by atomic mass is 10.2. The largest absolute Gasteiger partial charge is 0.507 e. The van der Waals surface area contributed by atoms with E-state index >= 15 is 0 Å². The molecule has 3 aromatic rings. The van der Waals surface area contributed by atoms with Crippen LogP contribution in [0.4, 0.5) is 5.82 Å². The molecule has 6 heteroatoms. The van der Waals surface area contributed by atoms with E-state index in [0.717, 1.165) is 5.69 Å². The van der Waals surface area contributed by atoms with Gasteiger partial charge in [-0.25, -0.2) is 4.68 Å². The number of nitrogens with zero attached hydrogens (tertiary/aromatic N) is 2. The van der Waals surface area contributed by atoms with Gasteiger partial charge in [0.1, 0.15) is 5.75 Å². The van der Waals surface area contributed by atoms with Gasteiger partial charge >= 0.3 is 0 Å². The van der Waals surface area contributed by atoms with Gasteiger partial charge in [-0.15, -0.1) is 0 Å². The first-order valence-corrected chi connectivity index (χ1v) is 6.92. The molecule has 0 saturated carbocycles. The van der Waals surface area contributed by atoms with Crippen molar-refractivity contribution in [3.63, 3.8) is 0 Å². The van der Waals surface area contributed by atoms with Crippen molar-refractivity contribution in [3.05, 3.63) is 71.4 Å². The Bertz CT molecular complexity index is 815. The Hall–Kier alpha value is -2.79. The maximum Gasteiger partial charge on any atom is 0.260 e. The van der Waals surface area contributed by atoms with Gasteiger partial charge < -0.3 is 10.4 Å². The van der Waals surface area contributed by atoms with Crippen LogP contribution in [0, 0.1) is 0 Å². The number of phenols is 1. The summed E-state index contributed by atoms with van der Waals surface area (Å²) in [5.41, 5.74) is 0.982. The molecule has 1 heterocycles. The van der Waals surface area contributed by atoms with Gasteiger partial charge in [0, 0.05) is 17.3 Å². The number of rotatable bonds is 3. The standard InChI is InChI=1S/C16H12ClN3O2/c17-11-6-7-14(21)13(10-11)16(22)18-15-8-9-20(19-15)12-4-2-1-3-5-12/h1-10,21H,(H,18,19,22). The van der Waals surface area contributed by atoms with E-state index in [1.165, 1.54) is 18.2 Å². The van der Waals surface area contributed by atoms with Crippen LogP contribution in [-0.2, 0) is 0 Å². The van der Waals surface area contributed by atoms with E-state index in [1.54, 1.807) is 16.9 Å². The quantitative estimate of drug-likeness (QED) is 0.778. The Balaban J connectivity index is 1.81. The van der Waals surface area contributed by atoms with Crippen LogP contribution in [0.3, 0.4) is 0 Å². The summed E-state index contributed by atoms with van der Waals surface area (Å²) in [7, 11) is 0. The molecular weight excluding hydrogens is 302 g/mol. The number of phenolic OH excluding ortho intramolecular Hbond substituents is 1. The molecule has 0 aliphatic heterocycles. The molecule has 0 fully saturated rings. The van der Waals surface area contributed by atoms with E-state index in [4.69, 9.17) is 11.6 Å². The van der Waals surface area contributed by atoms with Crippen molar-refractivity contribution in [3.8, 4) is 11.4 Å². The van der Waals surface area contributed by atoms with E-state index in [9.17, 15) is 9.90 Å². The monoisotopic (exact) mass is 313 g/mol. The van der Waals surface area contributed by atoms with Crippen LogP contribution in [0.25, 0.3) is 5.69 Å². The fourth-order valence-electron chi connectivity index (χ4n) is 1.99. The van der Waals surface area contributed by atoms with Crippen molar-refractivity contribution in [1.29, 1.82) is 0 Å². The summed E-state index contributed by atoms with van der Waals surface area (Å²) in [6, 6.07) is 15.5. The number of amides is 1. The van der Waals surface area contributed by atoms with E-state index in [2.05, 4.69) is 10.4 Å². The summed E-state index contributed by atoms with van der Waals surface area (Å²) in [5.74, 6) is -0.226. The highest BCUT2D eigenvalue weighted by atomic mass is 35.5. The molecule has 22 heavy (non-hydrogen) atoms. The molecule has 0 radical (unpaired) electrons. The number of hydrogen-bond acceptors (Lipinski definition) is 3. The van der Waals surface area contributed by atoms with E-state index in [-0.39, 0.29) is 11.3 Å². The first kappa shape index (κ1) is 14.2. The number of halogens is 1. The third kappa shape index (κ3) is 2.94. The number of aromatic nitrogens is 2. The highest BCUT2D eigenvalue weighted by Crippen LogP contribution is 2.22. The zero-order valence-corrected chi connectivity index (χ0v) is 12.2. The summed E-state index contributed by atoms with van der Waals surface area (Å²) >= 11 is 5.84. The molecule has 5 nitrogen and oxygen atoms in total. The van der Waals surface area contributed by atoms with Crippen LogP contribution in [0.15, 0.2) is 60.8 Å². The van der Waals surface area contributed by atoms with E-state index in [1.807, 2.05) is 30.3 Å². The molecule has 1 amide bonds. The average Bonchev–Trinajstić information content (AvgIpc) is 2.99. The van der Waals surface area contributed by atoms with Crippen molar-refractivity contribution >= 4 is 23.3 Å². The first-order chi connectivity index (χ1) is 10.6. The molecular formula is C16H12ClN3O2. The van der Waals surface area contributed by atoms with Gasteiger partial charge in [0.2, 0.25) is 0 Å². The minimum absolute atomic E-state index is 0.0989. The Labute approximate surface area is 131 Å². The Kier molecular flexibility index (Phi) is 3.80. The van der Waals surface area contributed by atoms with Crippen molar-refractivity contribution in [2.24, 2.45) is 0 Å². The van der Waals surface area contributed by atoms with Crippen LogP contribution < -0.4 is 5.32 Å². The molecule has 110 valence electrons. The SMILES string of the molecule is O=C(Nc1ccn(-c2ccccc2)n1)c1cc(Cl)ccc1O. The van der Waals surface area contributed by atoms with Crippen LogP contribution in [0.1, 0.15) is 10.4 Å². The van der Waals surface area contributed by atoms with Gasteiger partial charge in [0.25, 0.3) is 5.91 Å².